The van der Waals surface area contributed by atoms with Gasteiger partial charge in [-0.15, -0.1) is 4.73 Å². The summed E-state index contributed by atoms with van der Waals surface area (Å²) in [5.41, 5.74) is 2.15. The van der Waals surface area contributed by atoms with Gasteiger partial charge in [-0.1, -0.05) is 30.4 Å². The maximum Gasteiger partial charge on any atom is 0.296 e. The van der Waals surface area contributed by atoms with Gasteiger partial charge in [0.15, 0.2) is 5.65 Å². The molecule has 0 aliphatic heterocycles. The number of fused-ring (bicyclic) bond motifs is 1. The fourth-order valence-electron chi connectivity index (χ4n) is 3.56. The second-order valence-electron chi connectivity index (χ2n) is 7.04. The summed E-state index contributed by atoms with van der Waals surface area (Å²) in [5.74, 6) is 0.664. The van der Waals surface area contributed by atoms with Crippen molar-refractivity contribution >= 4 is 16.6 Å². The van der Waals surface area contributed by atoms with E-state index in [9.17, 15) is 15.1 Å². The molecule has 0 saturated carbocycles. The van der Waals surface area contributed by atoms with E-state index in [-0.39, 0.29) is 17.0 Å². The summed E-state index contributed by atoms with van der Waals surface area (Å²) in [4.78, 5) is 16.8. The van der Waals surface area contributed by atoms with Gasteiger partial charge in [-0.05, 0) is 60.6 Å². The highest BCUT2D eigenvalue weighted by Gasteiger charge is 2.20. The SMILES string of the molecule is COc1ccc(CCc2cnc3c(c2)c(O)c(C2=CCCC=C2)c(=O)n3O)cc1. The Morgan fingerprint density at radius 1 is 1.14 bits per heavy atom. The first-order valence-corrected chi connectivity index (χ1v) is 9.54. The van der Waals surface area contributed by atoms with E-state index in [1.807, 2.05) is 36.4 Å². The van der Waals surface area contributed by atoms with Crippen molar-refractivity contribution in [3.05, 3.63) is 81.8 Å². The third-order valence-electron chi connectivity index (χ3n) is 5.17. The lowest BCUT2D eigenvalue weighted by Gasteiger charge is -2.13. The van der Waals surface area contributed by atoms with Crippen molar-refractivity contribution in [2.45, 2.75) is 25.7 Å². The molecule has 0 fully saturated rings. The van der Waals surface area contributed by atoms with Crippen LogP contribution in [0.15, 0.2) is 59.6 Å². The zero-order valence-electron chi connectivity index (χ0n) is 16.1. The van der Waals surface area contributed by atoms with E-state index < -0.39 is 5.56 Å². The smallest absolute Gasteiger partial charge is 0.296 e. The van der Waals surface area contributed by atoms with Gasteiger partial charge in [-0.25, -0.2) is 4.98 Å². The summed E-state index contributed by atoms with van der Waals surface area (Å²) >= 11 is 0. The van der Waals surface area contributed by atoms with Gasteiger partial charge in [-0.3, -0.25) is 4.79 Å². The number of allylic oxidation sites excluding steroid dienone is 4. The minimum atomic E-state index is -0.675. The maximum absolute atomic E-state index is 12.6. The molecular formula is C23H22N2O4. The highest BCUT2D eigenvalue weighted by atomic mass is 16.5. The second kappa shape index (κ2) is 7.83. The quantitative estimate of drug-likeness (QED) is 0.646. The topological polar surface area (TPSA) is 84.6 Å². The number of hydrogen-bond acceptors (Lipinski definition) is 5. The zero-order chi connectivity index (χ0) is 20.4. The van der Waals surface area contributed by atoms with Crippen molar-refractivity contribution in [1.82, 2.24) is 9.71 Å². The van der Waals surface area contributed by atoms with Gasteiger partial charge in [0, 0.05) is 6.20 Å². The number of nitrogens with zero attached hydrogens (tertiary/aromatic N) is 2. The first kappa shape index (κ1) is 18.8. The van der Waals surface area contributed by atoms with Crippen molar-refractivity contribution in [2.75, 3.05) is 7.11 Å². The lowest BCUT2D eigenvalue weighted by Crippen LogP contribution is -2.23. The minimum absolute atomic E-state index is 0.0461. The van der Waals surface area contributed by atoms with Crippen LogP contribution in [-0.2, 0) is 12.8 Å². The molecule has 1 aromatic carbocycles. The lowest BCUT2D eigenvalue weighted by atomic mass is 9.98. The van der Waals surface area contributed by atoms with Crippen LogP contribution in [0.1, 0.15) is 29.5 Å². The number of aromatic hydroxyl groups is 1. The van der Waals surface area contributed by atoms with E-state index in [1.165, 1.54) is 0 Å². The standard InChI is InChI=1S/C23H22N2O4/c1-29-18-11-9-15(10-12-18)7-8-16-13-19-21(26)20(17-5-3-2-4-6-17)23(27)25(28)22(19)24-14-16/h3,5-6,9-14,26,28H,2,4,7-8H2,1H3. The number of rotatable bonds is 5. The largest absolute Gasteiger partial charge is 0.506 e. The fraction of sp³-hybridized carbons (Fsp3) is 0.217. The number of methoxy groups -OCH3 is 1. The molecule has 1 aliphatic rings. The molecular weight excluding hydrogens is 368 g/mol. The van der Waals surface area contributed by atoms with Crippen molar-refractivity contribution < 1.29 is 15.1 Å². The molecule has 0 bridgehead atoms. The highest BCUT2D eigenvalue weighted by Crippen LogP contribution is 2.32. The molecule has 0 radical (unpaired) electrons. The Balaban J connectivity index is 1.69. The third-order valence-corrected chi connectivity index (χ3v) is 5.17. The summed E-state index contributed by atoms with van der Waals surface area (Å²) in [7, 11) is 1.64. The predicted molar refractivity (Wildman–Crippen MR) is 112 cm³/mol. The van der Waals surface area contributed by atoms with Crippen LogP contribution in [0.5, 0.6) is 11.5 Å². The number of ether oxygens (including phenoxy) is 1. The third kappa shape index (κ3) is 3.61. The van der Waals surface area contributed by atoms with Crippen LogP contribution >= 0.6 is 0 Å². The average Bonchev–Trinajstić information content (AvgIpc) is 2.77. The van der Waals surface area contributed by atoms with Gasteiger partial charge in [0.25, 0.3) is 5.56 Å². The average molecular weight is 390 g/mol. The predicted octanol–water partition coefficient (Wildman–Crippen LogP) is 3.87. The maximum atomic E-state index is 12.6. The van der Waals surface area contributed by atoms with Gasteiger partial charge < -0.3 is 15.1 Å². The second-order valence-corrected chi connectivity index (χ2v) is 7.04. The van der Waals surface area contributed by atoms with E-state index in [4.69, 9.17) is 4.74 Å². The van der Waals surface area contributed by atoms with Crippen LogP contribution in [0.2, 0.25) is 0 Å². The Hall–Kier alpha value is -3.54. The molecule has 4 rings (SSSR count). The van der Waals surface area contributed by atoms with Crippen LogP contribution in [0.4, 0.5) is 0 Å². The number of hydrogen-bond donors (Lipinski definition) is 2. The van der Waals surface area contributed by atoms with Crippen molar-refractivity contribution in [3.8, 4) is 11.5 Å². The molecule has 0 spiro atoms. The monoisotopic (exact) mass is 390 g/mol. The van der Waals surface area contributed by atoms with E-state index in [0.29, 0.717) is 22.1 Å². The molecule has 0 atom stereocenters. The molecule has 2 aromatic heterocycles. The molecule has 6 nitrogen and oxygen atoms in total. The number of pyridine rings is 2. The van der Waals surface area contributed by atoms with Crippen LogP contribution in [0, 0.1) is 0 Å². The molecule has 148 valence electrons. The summed E-state index contributed by atoms with van der Waals surface area (Å²) in [6.07, 6.45) is 10.4. The minimum Gasteiger partial charge on any atom is -0.506 e. The van der Waals surface area contributed by atoms with Gasteiger partial charge in [0.1, 0.15) is 11.5 Å². The molecule has 0 amide bonds. The van der Waals surface area contributed by atoms with Crippen LogP contribution < -0.4 is 10.3 Å². The molecule has 0 saturated heterocycles. The molecule has 0 unspecified atom stereocenters. The fourth-order valence-corrected chi connectivity index (χ4v) is 3.56. The van der Waals surface area contributed by atoms with Gasteiger partial charge in [0.2, 0.25) is 0 Å². The summed E-state index contributed by atoms with van der Waals surface area (Å²) < 4.78 is 5.69. The Morgan fingerprint density at radius 2 is 1.90 bits per heavy atom. The summed E-state index contributed by atoms with van der Waals surface area (Å²) in [6, 6.07) is 9.64. The molecule has 3 aromatic rings. The summed E-state index contributed by atoms with van der Waals surface area (Å²) in [5, 5.41) is 21.5. The normalized spacial score (nSPS) is 13.5. The zero-order valence-corrected chi connectivity index (χ0v) is 16.1. The molecule has 29 heavy (non-hydrogen) atoms. The van der Waals surface area contributed by atoms with Crippen LogP contribution in [0.25, 0.3) is 16.6 Å². The van der Waals surface area contributed by atoms with E-state index in [2.05, 4.69) is 4.98 Å². The number of benzene rings is 1. The molecule has 2 N–H and O–H groups in total. The van der Waals surface area contributed by atoms with Gasteiger partial charge in [-0.2, -0.15) is 0 Å². The van der Waals surface area contributed by atoms with Crippen molar-refractivity contribution in [2.24, 2.45) is 0 Å². The van der Waals surface area contributed by atoms with Crippen molar-refractivity contribution in [3.63, 3.8) is 0 Å². The molecule has 1 aliphatic carbocycles. The highest BCUT2D eigenvalue weighted by molar-refractivity contribution is 5.90. The summed E-state index contributed by atoms with van der Waals surface area (Å²) in [6.45, 7) is 0. The first-order valence-electron chi connectivity index (χ1n) is 9.54. The first-order chi connectivity index (χ1) is 14.1. The van der Waals surface area contributed by atoms with Gasteiger partial charge in [0.05, 0.1) is 18.1 Å². The number of aryl methyl sites for hydroxylation is 2. The number of aromatic nitrogens is 2. The Kier molecular flexibility index (Phi) is 5.08. The molecule has 2 heterocycles. The lowest BCUT2D eigenvalue weighted by molar-refractivity contribution is 0.185. The van der Waals surface area contributed by atoms with Crippen molar-refractivity contribution in [1.29, 1.82) is 0 Å². The Morgan fingerprint density at radius 3 is 2.59 bits per heavy atom. The van der Waals surface area contributed by atoms with E-state index >= 15 is 0 Å². The molecule has 6 heteroatoms. The Bertz CT molecular complexity index is 1170. The Labute approximate surface area is 168 Å². The van der Waals surface area contributed by atoms with Gasteiger partial charge >= 0.3 is 0 Å². The van der Waals surface area contributed by atoms with Crippen LogP contribution in [-0.4, -0.2) is 27.1 Å². The van der Waals surface area contributed by atoms with Crippen LogP contribution in [0.3, 0.4) is 0 Å². The van der Waals surface area contributed by atoms with E-state index in [1.54, 1.807) is 25.4 Å². The van der Waals surface area contributed by atoms with E-state index in [0.717, 1.165) is 36.1 Å².